The van der Waals surface area contributed by atoms with Gasteiger partial charge in [0.05, 0.1) is 5.69 Å². The molecule has 3 nitrogen and oxygen atoms in total. The quantitative estimate of drug-likeness (QED) is 0.940. The zero-order valence-corrected chi connectivity index (χ0v) is 13.0. The maximum absolute atomic E-state index is 4.68. The first kappa shape index (κ1) is 13.7. The number of pyridine rings is 1. The van der Waals surface area contributed by atoms with Gasteiger partial charge in [-0.15, -0.1) is 11.3 Å². The van der Waals surface area contributed by atoms with E-state index >= 15 is 0 Å². The average Bonchev–Trinajstić information content (AvgIpc) is 2.80. The fourth-order valence-electron chi connectivity index (χ4n) is 2.77. The molecule has 4 heteroatoms. The number of nitrogens with one attached hydrogen (secondary N) is 1. The van der Waals surface area contributed by atoms with Crippen molar-refractivity contribution in [3.63, 3.8) is 0 Å². The predicted octanol–water partition coefficient (Wildman–Crippen LogP) is 3.36. The number of nitrogens with zero attached hydrogens (tertiary/aromatic N) is 2. The molecule has 0 unspecified atom stereocenters. The molecule has 1 aliphatic rings. The Morgan fingerprint density at radius 1 is 1.30 bits per heavy atom. The first-order valence-electron chi connectivity index (χ1n) is 7.33. The van der Waals surface area contributed by atoms with Crippen LogP contribution in [0.2, 0.25) is 0 Å². The number of piperidine rings is 1. The van der Waals surface area contributed by atoms with Crippen LogP contribution >= 0.6 is 11.3 Å². The smallest absolute Gasteiger partial charge is 0.142 e. The summed E-state index contributed by atoms with van der Waals surface area (Å²) in [7, 11) is 0. The molecule has 2 aromatic rings. The highest BCUT2D eigenvalue weighted by molar-refractivity contribution is 7.15. The number of hydrogen-bond acceptors (Lipinski definition) is 4. The van der Waals surface area contributed by atoms with Gasteiger partial charge in [0, 0.05) is 11.1 Å². The van der Waals surface area contributed by atoms with E-state index in [0.717, 1.165) is 41.8 Å². The molecule has 0 radical (unpaired) electrons. The molecule has 1 fully saturated rings. The molecule has 2 aromatic heterocycles. The maximum Gasteiger partial charge on any atom is 0.142 e. The van der Waals surface area contributed by atoms with Gasteiger partial charge in [-0.05, 0) is 63.7 Å². The van der Waals surface area contributed by atoms with Crippen LogP contribution in [0.3, 0.4) is 0 Å². The fourth-order valence-corrected chi connectivity index (χ4v) is 3.71. The molecule has 20 heavy (non-hydrogen) atoms. The van der Waals surface area contributed by atoms with Crippen LogP contribution in [0.4, 0.5) is 0 Å². The summed E-state index contributed by atoms with van der Waals surface area (Å²) in [5, 5.41) is 4.51. The van der Waals surface area contributed by atoms with Gasteiger partial charge in [-0.25, -0.2) is 4.98 Å². The van der Waals surface area contributed by atoms with Gasteiger partial charge in [0.2, 0.25) is 0 Å². The Morgan fingerprint density at radius 2 is 2.10 bits per heavy atom. The van der Waals surface area contributed by atoms with Gasteiger partial charge in [0.15, 0.2) is 0 Å². The highest BCUT2D eigenvalue weighted by atomic mass is 32.1. The predicted molar refractivity (Wildman–Crippen MR) is 84.1 cm³/mol. The Kier molecular flexibility index (Phi) is 4.13. The summed E-state index contributed by atoms with van der Waals surface area (Å²) in [6.07, 6.45) is 5.55. The molecule has 0 saturated carbocycles. The fraction of sp³-hybridized carbons (Fsp3) is 0.500. The lowest BCUT2D eigenvalue weighted by Gasteiger charge is -2.23. The van der Waals surface area contributed by atoms with Crippen LogP contribution in [0, 0.1) is 19.8 Å². The third-order valence-electron chi connectivity index (χ3n) is 4.09. The van der Waals surface area contributed by atoms with Gasteiger partial charge in [-0.1, -0.05) is 6.07 Å². The van der Waals surface area contributed by atoms with Crippen LogP contribution in [0.15, 0.2) is 18.3 Å². The highest BCUT2D eigenvalue weighted by Crippen LogP contribution is 2.30. The van der Waals surface area contributed by atoms with Crippen molar-refractivity contribution >= 4 is 11.3 Å². The summed E-state index contributed by atoms with van der Waals surface area (Å²) in [5.74, 6) is 0.779. The molecule has 0 atom stereocenters. The van der Waals surface area contributed by atoms with Crippen molar-refractivity contribution in [3.05, 3.63) is 34.5 Å². The summed E-state index contributed by atoms with van der Waals surface area (Å²) in [5.41, 5.74) is 3.57. The first-order chi connectivity index (χ1) is 9.74. The van der Waals surface area contributed by atoms with Crippen LogP contribution in [0.5, 0.6) is 0 Å². The minimum Gasteiger partial charge on any atom is -0.317 e. The number of hydrogen-bond donors (Lipinski definition) is 1. The molecule has 0 aliphatic carbocycles. The van der Waals surface area contributed by atoms with E-state index in [-0.39, 0.29) is 0 Å². The van der Waals surface area contributed by atoms with E-state index in [1.807, 2.05) is 12.3 Å². The molecule has 1 saturated heterocycles. The van der Waals surface area contributed by atoms with Crippen molar-refractivity contribution in [2.75, 3.05) is 13.1 Å². The second-order valence-corrected chi connectivity index (χ2v) is 6.77. The third kappa shape index (κ3) is 2.91. The number of aromatic nitrogens is 2. The van der Waals surface area contributed by atoms with E-state index in [0.29, 0.717) is 0 Å². The second-order valence-electron chi connectivity index (χ2n) is 5.57. The van der Waals surface area contributed by atoms with Crippen LogP contribution < -0.4 is 5.32 Å². The minimum atomic E-state index is 0.779. The Balaban J connectivity index is 1.87. The first-order valence-corrected chi connectivity index (χ1v) is 8.14. The Bertz CT molecular complexity index is 566. The average molecular weight is 287 g/mol. The lowest BCUT2D eigenvalue weighted by molar-refractivity contribution is 0.372. The zero-order valence-electron chi connectivity index (χ0n) is 12.1. The van der Waals surface area contributed by atoms with E-state index in [2.05, 4.69) is 35.2 Å². The van der Waals surface area contributed by atoms with Gasteiger partial charge in [-0.3, -0.25) is 4.98 Å². The van der Waals surface area contributed by atoms with Crippen molar-refractivity contribution in [1.82, 2.24) is 15.3 Å². The van der Waals surface area contributed by atoms with E-state index in [1.165, 1.54) is 23.3 Å². The second kappa shape index (κ2) is 6.02. The molecular formula is C16H21N3S. The van der Waals surface area contributed by atoms with Crippen LogP contribution in [-0.4, -0.2) is 23.1 Å². The lowest BCUT2D eigenvalue weighted by Crippen LogP contribution is -2.28. The molecule has 0 spiro atoms. The van der Waals surface area contributed by atoms with Crippen LogP contribution in [0.25, 0.3) is 10.7 Å². The van der Waals surface area contributed by atoms with Crippen molar-refractivity contribution in [2.24, 2.45) is 5.92 Å². The molecule has 1 N–H and O–H groups in total. The standard InChI is InChI=1S/C16H21N3S/c1-11-12(2)20-16(19-11)15-14(4-3-7-18-15)10-13-5-8-17-9-6-13/h3-4,7,13,17H,5-6,8-10H2,1-2H3. The van der Waals surface area contributed by atoms with Gasteiger partial charge in [-0.2, -0.15) is 0 Å². The van der Waals surface area contributed by atoms with Crippen molar-refractivity contribution in [3.8, 4) is 10.7 Å². The number of thiazole rings is 1. The van der Waals surface area contributed by atoms with E-state index in [1.54, 1.807) is 11.3 Å². The zero-order chi connectivity index (χ0) is 13.9. The van der Waals surface area contributed by atoms with E-state index < -0.39 is 0 Å². The van der Waals surface area contributed by atoms with Crippen LogP contribution in [0.1, 0.15) is 29.0 Å². The SMILES string of the molecule is Cc1nc(-c2ncccc2CC2CCNCC2)sc1C. The molecule has 0 aromatic carbocycles. The van der Waals surface area contributed by atoms with E-state index in [4.69, 9.17) is 0 Å². The lowest BCUT2D eigenvalue weighted by atomic mass is 9.90. The molecule has 1 aliphatic heterocycles. The monoisotopic (exact) mass is 287 g/mol. The van der Waals surface area contributed by atoms with Crippen molar-refractivity contribution in [1.29, 1.82) is 0 Å². The maximum atomic E-state index is 4.68. The molecule has 3 rings (SSSR count). The molecule has 106 valence electrons. The molecule has 0 bridgehead atoms. The Labute approximate surface area is 124 Å². The minimum absolute atomic E-state index is 0.779. The summed E-state index contributed by atoms with van der Waals surface area (Å²) in [6, 6.07) is 4.27. The van der Waals surface area contributed by atoms with Gasteiger partial charge in [0.1, 0.15) is 10.7 Å². The van der Waals surface area contributed by atoms with Gasteiger partial charge >= 0.3 is 0 Å². The Hall–Kier alpha value is -1.26. The highest BCUT2D eigenvalue weighted by Gasteiger charge is 2.18. The Morgan fingerprint density at radius 3 is 2.80 bits per heavy atom. The van der Waals surface area contributed by atoms with E-state index in [9.17, 15) is 0 Å². The normalized spacial score (nSPS) is 16.5. The summed E-state index contributed by atoms with van der Waals surface area (Å²) in [4.78, 5) is 10.6. The summed E-state index contributed by atoms with van der Waals surface area (Å²) >= 11 is 1.76. The molecule has 3 heterocycles. The van der Waals surface area contributed by atoms with Crippen molar-refractivity contribution in [2.45, 2.75) is 33.1 Å². The third-order valence-corrected chi connectivity index (χ3v) is 5.17. The van der Waals surface area contributed by atoms with Crippen molar-refractivity contribution < 1.29 is 0 Å². The van der Waals surface area contributed by atoms with Gasteiger partial charge in [0.25, 0.3) is 0 Å². The number of rotatable bonds is 3. The van der Waals surface area contributed by atoms with Crippen LogP contribution in [-0.2, 0) is 6.42 Å². The topological polar surface area (TPSA) is 37.8 Å². The molecular weight excluding hydrogens is 266 g/mol. The van der Waals surface area contributed by atoms with Gasteiger partial charge < -0.3 is 5.32 Å². The summed E-state index contributed by atoms with van der Waals surface area (Å²) < 4.78 is 0. The molecule has 0 amide bonds. The largest absolute Gasteiger partial charge is 0.317 e. The summed E-state index contributed by atoms with van der Waals surface area (Å²) in [6.45, 7) is 6.50. The number of aryl methyl sites for hydroxylation is 2.